The highest BCUT2D eigenvalue weighted by atomic mass is 16.5. The number of H-pyrrole nitrogens is 2. The van der Waals surface area contributed by atoms with Gasteiger partial charge in [-0.15, -0.1) is 0 Å². The van der Waals surface area contributed by atoms with Crippen LogP contribution in [0.3, 0.4) is 0 Å². The van der Waals surface area contributed by atoms with Gasteiger partial charge in [-0.2, -0.15) is 0 Å². The second-order valence-electron chi connectivity index (χ2n) is 15.3. The van der Waals surface area contributed by atoms with Gasteiger partial charge in [-0.3, -0.25) is 14.4 Å². The molecule has 0 bridgehead atoms. The average Bonchev–Trinajstić information content (AvgIpc) is 4.05. The summed E-state index contributed by atoms with van der Waals surface area (Å²) in [6.45, 7) is 8.61. The first-order valence-corrected chi connectivity index (χ1v) is 19.1. The molecule has 4 unspecified atom stereocenters. The molecule has 15 nitrogen and oxygen atoms in total. The van der Waals surface area contributed by atoms with E-state index in [-0.39, 0.29) is 41.5 Å². The summed E-state index contributed by atoms with van der Waals surface area (Å²) in [5, 5.41) is 5.36. The number of nitrogens with one attached hydrogen (secondary N) is 4. The number of ether oxygens (including phenoxy) is 2. The predicted molar refractivity (Wildman–Crippen MR) is 206 cm³/mol. The average molecular weight is 765 g/mol. The number of imidazole rings is 2. The highest BCUT2D eigenvalue weighted by Gasteiger charge is 2.39. The van der Waals surface area contributed by atoms with Crippen molar-refractivity contribution in [1.29, 1.82) is 0 Å². The molecular weight excluding hydrogens is 716 g/mol. The van der Waals surface area contributed by atoms with Crippen molar-refractivity contribution in [2.24, 2.45) is 11.8 Å². The first-order chi connectivity index (χ1) is 26.9. The van der Waals surface area contributed by atoms with Crippen molar-refractivity contribution < 1.29 is 33.4 Å². The molecule has 0 saturated carbocycles. The van der Waals surface area contributed by atoms with Crippen LogP contribution in [0.25, 0.3) is 33.6 Å². The molecular formula is C41H48N8O7. The van der Waals surface area contributed by atoms with Crippen LogP contribution < -0.4 is 10.6 Å². The van der Waals surface area contributed by atoms with Crippen LogP contribution in [0, 0.1) is 11.8 Å². The Bertz CT molecular complexity index is 2020. The van der Waals surface area contributed by atoms with E-state index in [1.54, 1.807) is 22.2 Å². The first-order valence-electron chi connectivity index (χ1n) is 19.1. The molecule has 3 aliphatic rings. The van der Waals surface area contributed by atoms with E-state index in [2.05, 4.69) is 30.6 Å². The number of fused-ring (bicyclic) bond motifs is 3. The molecule has 2 fully saturated rings. The SMILES string of the molecule is COC(=O)NC(C(=O)N1CCCC1c1ncc(-c2ccc3c(c2)C(=O)c2cc(-c4cnc(C5CCCN5C(=O)C(NC(=O)OC)C(C)C)[nH]4)ccc2-3)[nH]1)C(C)C. The number of hydrogen-bond donors (Lipinski definition) is 4. The molecule has 0 spiro atoms. The molecule has 0 radical (unpaired) electrons. The van der Waals surface area contributed by atoms with Crippen molar-refractivity contribution >= 4 is 29.8 Å². The van der Waals surface area contributed by atoms with Crippen LogP contribution in [0.2, 0.25) is 0 Å². The lowest BCUT2D eigenvalue weighted by atomic mass is 10.0. The molecule has 2 aromatic carbocycles. The van der Waals surface area contributed by atoms with Crippen molar-refractivity contribution in [3.8, 4) is 33.6 Å². The van der Waals surface area contributed by atoms with Crippen LogP contribution in [-0.2, 0) is 19.1 Å². The van der Waals surface area contributed by atoms with E-state index in [1.165, 1.54) is 14.2 Å². The van der Waals surface area contributed by atoms with Gasteiger partial charge in [0, 0.05) is 35.3 Å². The summed E-state index contributed by atoms with van der Waals surface area (Å²) in [5.74, 6) is 0.557. The van der Waals surface area contributed by atoms with Crippen LogP contribution >= 0.6 is 0 Å². The van der Waals surface area contributed by atoms with Crippen LogP contribution in [0.4, 0.5) is 9.59 Å². The molecule has 15 heteroatoms. The second-order valence-corrected chi connectivity index (χ2v) is 15.3. The monoisotopic (exact) mass is 764 g/mol. The summed E-state index contributed by atoms with van der Waals surface area (Å²) in [5.41, 5.74) is 5.90. The molecule has 4 heterocycles. The van der Waals surface area contributed by atoms with E-state index in [0.717, 1.165) is 59.3 Å². The third-order valence-corrected chi connectivity index (χ3v) is 11.1. The number of alkyl carbamates (subject to hydrolysis) is 2. The summed E-state index contributed by atoms with van der Waals surface area (Å²) >= 11 is 0. The van der Waals surface area contributed by atoms with Crippen LogP contribution in [0.5, 0.6) is 0 Å². The van der Waals surface area contributed by atoms with Gasteiger partial charge >= 0.3 is 12.2 Å². The number of aromatic nitrogens is 4. The zero-order chi connectivity index (χ0) is 39.8. The number of benzene rings is 2. The summed E-state index contributed by atoms with van der Waals surface area (Å²) < 4.78 is 9.51. The molecule has 294 valence electrons. The zero-order valence-electron chi connectivity index (χ0n) is 32.5. The maximum Gasteiger partial charge on any atom is 0.407 e. The third kappa shape index (κ3) is 7.13. The van der Waals surface area contributed by atoms with Gasteiger partial charge in [-0.1, -0.05) is 52.0 Å². The molecule has 4 atom stereocenters. The van der Waals surface area contributed by atoms with E-state index in [0.29, 0.717) is 35.9 Å². The standard InChI is InChI=1S/C41H48N8O7/c1-21(2)33(46-40(53)55-5)38(51)48-15-7-9-31(48)36-42-19-29(44-36)23-11-13-25-26-14-12-24(18-28(26)35(50)27(25)17-23)30-20-43-37(45-30)32-10-8-16-49(32)39(52)34(22(3)4)47-41(54)56-6/h11-14,17-22,31-34H,7-10,15-16H2,1-6H3,(H,42,44)(H,43,45)(H,46,53)(H,47,54). The maximum absolute atomic E-state index is 13.9. The van der Waals surface area contributed by atoms with Crippen molar-refractivity contribution in [2.45, 2.75) is 77.5 Å². The number of aromatic amines is 2. The summed E-state index contributed by atoms with van der Waals surface area (Å²) in [6, 6.07) is 9.54. The van der Waals surface area contributed by atoms with Gasteiger partial charge in [0.15, 0.2) is 5.78 Å². The van der Waals surface area contributed by atoms with Crippen molar-refractivity contribution in [2.75, 3.05) is 27.3 Å². The summed E-state index contributed by atoms with van der Waals surface area (Å²) in [7, 11) is 2.54. The quantitative estimate of drug-likeness (QED) is 0.137. The number of rotatable bonds is 10. The van der Waals surface area contributed by atoms with Gasteiger partial charge < -0.3 is 39.9 Å². The number of likely N-dealkylation sites (tertiary alicyclic amines) is 2. The number of nitrogens with zero attached hydrogens (tertiary/aromatic N) is 4. The highest BCUT2D eigenvalue weighted by molar-refractivity contribution is 6.22. The van der Waals surface area contributed by atoms with E-state index in [9.17, 15) is 24.0 Å². The topological polar surface area (TPSA) is 192 Å². The Morgan fingerprint density at radius 3 is 1.46 bits per heavy atom. The fourth-order valence-electron chi connectivity index (χ4n) is 8.11. The molecule has 1 aliphatic carbocycles. The molecule has 4 aromatic rings. The number of ketones is 1. The lowest BCUT2D eigenvalue weighted by Crippen LogP contribution is -2.51. The molecule has 56 heavy (non-hydrogen) atoms. The number of hydrogen-bond acceptors (Lipinski definition) is 9. The van der Waals surface area contributed by atoms with E-state index in [1.807, 2.05) is 64.1 Å². The highest BCUT2D eigenvalue weighted by Crippen LogP contribution is 2.41. The normalized spacial score (nSPS) is 18.5. The van der Waals surface area contributed by atoms with Crippen LogP contribution in [0.1, 0.15) is 93.0 Å². The maximum atomic E-state index is 13.9. The Labute approximate surface area is 324 Å². The Morgan fingerprint density at radius 1 is 0.679 bits per heavy atom. The lowest BCUT2D eigenvalue weighted by molar-refractivity contribution is -0.136. The Balaban J connectivity index is 1.07. The number of methoxy groups -OCH3 is 2. The second kappa shape index (κ2) is 15.6. The molecule has 7 rings (SSSR count). The molecule has 2 saturated heterocycles. The van der Waals surface area contributed by atoms with Crippen molar-refractivity contribution in [1.82, 2.24) is 40.4 Å². The van der Waals surface area contributed by atoms with Crippen molar-refractivity contribution in [3.63, 3.8) is 0 Å². The number of amides is 4. The Hall–Kier alpha value is -5.99. The smallest absolute Gasteiger partial charge is 0.407 e. The largest absolute Gasteiger partial charge is 0.453 e. The van der Waals surface area contributed by atoms with Crippen LogP contribution in [0.15, 0.2) is 48.8 Å². The zero-order valence-corrected chi connectivity index (χ0v) is 32.5. The van der Waals surface area contributed by atoms with Gasteiger partial charge in [0.1, 0.15) is 23.7 Å². The molecule has 4 N–H and O–H groups in total. The first kappa shape index (κ1) is 38.3. The molecule has 2 aliphatic heterocycles. The van der Waals surface area contributed by atoms with Gasteiger partial charge in [0.05, 0.1) is 50.1 Å². The van der Waals surface area contributed by atoms with Gasteiger partial charge in [0.25, 0.3) is 0 Å². The fourth-order valence-corrected chi connectivity index (χ4v) is 8.11. The van der Waals surface area contributed by atoms with Crippen molar-refractivity contribution in [3.05, 3.63) is 71.6 Å². The van der Waals surface area contributed by atoms with E-state index < -0.39 is 24.3 Å². The molecule has 2 aromatic heterocycles. The lowest BCUT2D eigenvalue weighted by Gasteiger charge is -2.30. The molecule has 4 amide bonds. The van der Waals surface area contributed by atoms with Gasteiger partial charge in [-0.05, 0) is 60.8 Å². The Kier molecular flexibility index (Phi) is 10.7. The van der Waals surface area contributed by atoms with Gasteiger partial charge in [-0.25, -0.2) is 19.6 Å². The number of carbonyl (C=O) groups is 5. The summed E-state index contributed by atoms with van der Waals surface area (Å²) in [4.78, 5) is 84.8. The van der Waals surface area contributed by atoms with E-state index >= 15 is 0 Å². The Morgan fingerprint density at radius 2 is 1.09 bits per heavy atom. The van der Waals surface area contributed by atoms with Gasteiger partial charge in [0.2, 0.25) is 11.8 Å². The minimum absolute atomic E-state index is 0.0889. The van der Waals surface area contributed by atoms with E-state index in [4.69, 9.17) is 9.47 Å². The predicted octanol–water partition coefficient (Wildman–Crippen LogP) is 5.77. The number of carbonyl (C=O) groups excluding carboxylic acids is 5. The fraction of sp³-hybridized carbons (Fsp3) is 0.439. The summed E-state index contributed by atoms with van der Waals surface area (Å²) in [6.07, 6.45) is 5.20. The third-order valence-electron chi connectivity index (χ3n) is 11.1. The minimum Gasteiger partial charge on any atom is -0.453 e. The minimum atomic E-state index is -0.730. The van der Waals surface area contributed by atoms with Crippen LogP contribution in [-0.4, -0.2) is 98.9 Å².